The Morgan fingerprint density at radius 3 is 2.89 bits per heavy atom. The summed E-state index contributed by atoms with van der Waals surface area (Å²) < 4.78 is 17.1. The van der Waals surface area contributed by atoms with Gasteiger partial charge < -0.3 is 19.5 Å². The van der Waals surface area contributed by atoms with Crippen molar-refractivity contribution in [2.24, 2.45) is 5.92 Å². The van der Waals surface area contributed by atoms with E-state index in [-0.39, 0.29) is 18.2 Å². The van der Waals surface area contributed by atoms with E-state index >= 15 is 0 Å². The van der Waals surface area contributed by atoms with E-state index in [2.05, 4.69) is 11.4 Å². The minimum atomic E-state index is -0.0422. The SMILES string of the molecule is O=C(Cc1cc(Cl)c2c(c1)OCCCO2)NCC1COc2ccccc2C1. The van der Waals surface area contributed by atoms with Crippen LogP contribution in [0.1, 0.15) is 17.5 Å². The van der Waals surface area contributed by atoms with Gasteiger partial charge in [-0.15, -0.1) is 0 Å². The fraction of sp³-hybridized carbons (Fsp3) is 0.381. The molecule has 0 aliphatic carbocycles. The van der Waals surface area contributed by atoms with Crippen LogP contribution in [-0.2, 0) is 17.6 Å². The van der Waals surface area contributed by atoms with Crippen molar-refractivity contribution in [1.29, 1.82) is 0 Å². The molecule has 2 heterocycles. The molecule has 0 radical (unpaired) electrons. The molecule has 0 fully saturated rings. The summed E-state index contributed by atoms with van der Waals surface area (Å²) in [7, 11) is 0. The average Bonchev–Trinajstić information content (AvgIpc) is 2.92. The third-order valence-electron chi connectivity index (χ3n) is 4.77. The van der Waals surface area contributed by atoms with Crippen LogP contribution in [0.4, 0.5) is 0 Å². The fourth-order valence-electron chi connectivity index (χ4n) is 3.41. The minimum absolute atomic E-state index is 0.0422. The van der Waals surface area contributed by atoms with Crippen LogP contribution in [0, 0.1) is 5.92 Å². The van der Waals surface area contributed by atoms with Gasteiger partial charge in [0.05, 0.1) is 31.3 Å². The van der Waals surface area contributed by atoms with Crippen LogP contribution in [-0.4, -0.2) is 32.3 Å². The van der Waals surface area contributed by atoms with Gasteiger partial charge in [0.1, 0.15) is 5.75 Å². The molecule has 6 heteroatoms. The molecule has 0 bridgehead atoms. The van der Waals surface area contributed by atoms with E-state index in [9.17, 15) is 4.79 Å². The monoisotopic (exact) mass is 387 g/mol. The van der Waals surface area contributed by atoms with Crippen molar-refractivity contribution in [3.05, 3.63) is 52.5 Å². The number of carbonyl (C=O) groups excluding carboxylic acids is 1. The highest BCUT2D eigenvalue weighted by atomic mass is 35.5. The van der Waals surface area contributed by atoms with Gasteiger partial charge in [-0.1, -0.05) is 29.8 Å². The van der Waals surface area contributed by atoms with E-state index in [0.717, 1.165) is 24.2 Å². The van der Waals surface area contributed by atoms with Gasteiger partial charge >= 0.3 is 0 Å². The van der Waals surface area contributed by atoms with Crippen LogP contribution in [0.5, 0.6) is 17.2 Å². The van der Waals surface area contributed by atoms with Crippen LogP contribution in [0.2, 0.25) is 5.02 Å². The minimum Gasteiger partial charge on any atom is -0.493 e. The Hall–Kier alpha value is -2.40. The van der Waals surface area contributed by atoms with Crippen molar-refractivity contribution in [3.63, 3.8) is 0 Å². The second-order valence-corrected chi connectivity index (χ2v) is 7.33. The summed E-state index contributed by atoms with van der Waals surface area (Å²) in [6.07, 6.45) is 1.97. The first-order valence-electron chi connectivity index (χ1n) is 9.24. The van der Waals surface area contributed by atoms with Crippen molar-refractivity contribution in [1.82, 2.24) is 5.32 Å². The number of hydrogen-bond acceptors (Lipinski definition) is 4. The van der Waals surface area contributed by atoms with Crippen molar-refractivity contribution in [3.8, 4) is 17.2 Å². The van der Waals surface area contributed by atoms with Gasteiger partial charge in [0.15, 0.2) is 11.5 Å². The molecule has 1 N–H and O–H groups in total. The van der Waals surface area contributed by atoms with E-state index in [1.807, 2.05) is 24.3 Å². The number of rotatable bonds is 4. The van der Waals surface area contributed by atoms with Crippen LogP contribution < -0.4 is 19.5 Å². The Kier molecular flexibility index (Phi) is 5.39. The van der Waals surface area contributed by atoms with Gasteiger partial charge in [-0.2, -0.15) is 0 Å². The molecule has 0 aromatic heterocycles. The molecular formula is C21H22ClNO4. The van der Waals surface area contributed by atoms with E-state index in [0.29, 0.717) is 42.9 Å². The Bertz CT molecular complexity index is 839. The summed E-state index contributed by atoms with van der Waals surface area (Å²) in [5, 5.41) is 3.49. The molecule has 4 rings (SSSR count). The van der Waals surface area contributed by atoms with Crippen LogP contribution >= 0.6 is 11.6 Å². The number of amides is 1. The van der Waals surface area contributed by atoms with E-state index in [1.54, 1.807) is 6.07 Å². The fourth-order valence-corrected chi connectivity index (χ4v) is 3.70. The summed E-state index contributed by atoms with van der Waals surface area (Å²) in [4.78, 5) is 12.4. The quantitative estimate of drug-likeness (QED) is 0.873. The van der Waals surface area contributed by atoms with Gasteiger partial charge in [0, 0.05) is 18.9 Å². The third kappa shape index (κ3) is 4.30. The summed E-state index contributed by atoms with van der Waals surface area (Å²) in [5.74, 6) is 2.36. The largest absolute Gasteiger partial charge is 0.493 e. The predicted molar refractivity (Wildman–Crippen MR) is 103 cm³/mol. The number of ether oxygens (including phenoxy) is 3. The number of carbonyl (C=O) groups is 1. The second-order valence-electron chi connectivity index (χ2n) is 6.93. The zero-order valence-corrected chi connectivity index (χ0v) is 15.8. The van der Waals surface area contributed by atoms with Crippen LogP contribution in [0.15, 0.2) is 36.4 Å². The summed E-state index contributed by atoms with van der Waals surface area (Å²) in [6, 6.07) is 11.7. The maximum atomic E-state index is 12.4. The summed E-state index contributed by atoms with van der Waals surface area (Å²) in [5.41, 5.74) is 2.00. The molecule has 27 heavy (non-hydrogen) atoms. The van der Waals surface area contributed by atoms with Gasteiger partial charge in [0.25, 0.3) is 0 Å². The Labute approximate surface area is 163 Å². The average molecular weight is 388 g/mol. The van der Waals surface area contributed by atoms with Gasteiger partial charge in [0.2, 0.25) is 5.91 Å². The van der Waals surface area contributed by atoms with Crippen LogP contribution in [0.3, 0.4) is 0 Å². The van der Waals surface area contributed by atoms with Crippen molar-refractivity contribution >= 4 is 17.5 Å². The number of fused-ring (bicyclic) bond motifs is 2. The summed E-state index contributed by atoms with van der Waals surface area (Å²) >= 11 is 6.30. The van der Waals surface area contributed by atoms with Gasteiger partial charge in [-0.05, 0) is 35.7 Å². The van der Waals surface area contributed by atoms with E-state index in [4.69, 9.17) is 25.8 Å². The number of benzene rings is 2. The van der Waals surface area contributed by atoms with Crippen molar-refractivity contribution in [2.75, 3.05) is 26.4 Å². The molecule has 0 spiro atoms. The molecule has 5 nitrogen and oxygen atoms in total. The zero-order valence-electron chi connectivity index (χ0n) is 15.0. The Morgan fingerprint density at radius 2 is 1.96 bits per heavy atom. The van der Waals surface area contributed by atoms with Gasteiger partial charge in [-0.3, -0.25) is 4.79 Å². The summed E-state index contributed by atoms with van der Waals surface area (Å²) in [6.45, 7) is 2.37. The second kappa shape index (κ2) is 8.09. The number of para-hydroxylation sites is 1. The lowest BCUT2D eigenvalue weighted by Gasteiger charge is -2.25. The first-order chi connectivity index (χ1) is 13.2. The van der Waals surface area contributed by atoms with Crippen molar-refractivity contribution < 1.29 is 19.0 Å². The highest BCUT2D eigenvalue weighted by Gasteiger charge is 2.21. The Balaban J connectivity index is 1.34. The molecule has 1 unspecified atom stereocenters. The molecular weight excluding hydrogens is 366 g/mol. The predicted octanol–water partition coefficient (Wildman–Crippen LogP) is 3.41. The van der Waals surface area contributed by atoms with E-state index < -0.39 is 0 Å². The highest BCUT2D eigenvalue weighted by molar-refractivity contribution is 6.32. The Morgan fingerprint density at radius 1 is 1.11 bits per heavy atom. The molecule has 142 valence electrons. The standard InChI is InChI=1S/C21H22ClNO4/c22-17-9-14(10-19-21(17)26-7-3-6-25-19)11-20(24)23-12-15-8-16-4-1-2-5-18(16)27-13-15/h1-2,4-5,9-10,15H,3,6-8,11-13H2,(H,23,24). The molecule has 1 atom stereocenters. The molecule has 2 aromatic carbocycles. The zero-order chi connectivity index (χ0) is 18.6. The number of halogens is 1. The maximum absolute atomic E-state index is 12.4. The van der Waals surface area contributed by atoms with Crippen molar-refractivity contribution in [2.45, 2.75) is 19.3 Å². The first-order valence-corrected chi connectivity index (χ1v) is 9.62. The lowest BCUT2D eigenvalue weighted by atomic mass is 9.96. The first kappa shape index (κ1) is 18.0. The number of nitrogens with one attached hydrogen (secondary N) is 1. The molecule has 2 aliphatic heterocycles. The topological polar surface area (TPSA) is 56.8 Å². The lowest BCUT2D eigenvalue weighted by Crippen LogP contribution is -2.35. The molecule has 0 saturated carbocycles. The van der Waals surface area contributed by atoms with Gasteiger partial charge in [-0.25, -0.2) is 0 Å². The smallest absolute Gasteiger partial charge is 0.224 e. The normalized spacial score (nSPS) is 18.0. The molecule has 1 amide bonds. The molecule has 2 aromatic rings. The highest BCUT2D eigenvalue weighted by Crippen LogP contribution is 2.38. The maximum Gasteiger partial charge on any atom is 0.224 e. The van der Waals surface area contributed by atoms with Crippen LogP contribution in [0.25, 0.3) is 0 Å². The third-order valence-corrected chi connectivity index (χ3v) is 5.05. The van der Waals surface area contributed by atoms with E-state index in [1.165, 1.54) is 5.56 Å². The molecule has 2 aliphatic rings. The number of hydrogen-bond donors (Lipinski definition) is 1. The molecule has 0 saturated heterocycles. The lowest BCUT2D eigenvalue weighted by molar-refractivity contribution is -0.120.